The lowest BCUT2D eigenvalue weighted by Crippen LogP contribution is -2.47. The molecule has 2 amide bonds. The van der Waals surface area contributed by atoms with Crippen LogP contribution in [0.3, 0.4) is 0 Å². The van der Waals surface area contributed by atoms with Crippen LogP contribution >= 0.6 is 35.7 Å². The van der Waals surface area contributed by atoms with Gasteiger partial charge in [-0.3, -0.25) is 14.5 Å². The number of amides is 2. The first-order valence-corrected chi connectivity index (χ1v) is 10.3. The zero-order valence-corrected chi connectivity index (χ0v) is 16.5. The van der Waals surface area contributed by atoms with Crippen LogP contribution < -0.4 is 10.1 Å². The minimum Gasteiger partial charge on any atom is -0.497 e. The van der Waals surface area contributed by atoms with E-state index in [9.17, 15) is 14.7 Å². The van der Waals surface area contributed by atoms with Crippen molar-refractivity contribution in [3.8, 4) is 5.75 Å². The van der Waals surface area contributed by atoms with Crippen LogP contribution in [0.1, 0.15) is 5.56 Å². The van der Waals surface area contributed by atoms with Gasteiger partial charge in [-0.05, 0) is 23.8 Å². The monoisotopic (exact) mass is 410 g/mol. The van der Waals surface area contributed by atoms with E-state index < -0.39 is 6.10 Å². The number of methoxy groups -OCH3 is 1. The molecule has 0 aliphatic carbocycles. The van der Waals surface area contributed by atoms with E-state index in [1.54, 1.807) is 24.9 Å². The van der Waals surface area contributed by atoms with E-state index >= 15 is 0 Å². The molecule has 1 aromatic rings. The number of aliphatic hydroxyl groups excluding tert-OH is 1. The summed E-state index contributed by atoms with van der Waals surface area (Å²) in [6, 6.07) is 7.03. The van der Waals surface area contributed by atoms with Crippen LogP contribution in [0.25, 0.3) is 6.08 Å². The number of benzene rings is 1. The number of aliphatic hydroxyl groups is 1. The molecular weight excluding hydrogens is 392 g/mol. The van der Waals surface area contributed by atoms with E-state index in [-0.39, 0.29) is 24.4 Å². The fourth-order valence-corrected chi connectivity index (χ4v) is 4.99. The Morgan fingerprint density at radius 2 is 2.15 bits per heavy atom. The lowest BCUT2D eigenvalue weighted by atomic mass is 10.2. The lowest BCUT2D eigenvalue weighted by Gasteiger charge is -2.18. The molecule has 2 N–H and O–H groups in total. The van der Waals surface area contributed by atoms with Gasteiger partial charge in [-0.1, -0.05) is 36.1 Å². The predicted octanol–water partition coefficient (Wildman–Crippen LogP) is 1.49. The van der Waals surface area contributed by atoms with Crippen LogP contribution in [-0.4, -0.2) is 63.4 Å². The maximum absolute atomic E-state index is 12.6. The maximum atomic E-state index is 12.6. The first-order valence-electron chi connectivity index (χ1n) is 7.92. The standard InChI is InChI=1S/C17H18N2O4S3/c1-23-11-4-2-10(3-5-11)6-14-16(22)19(17(24)26-14)7-15(21)18-12-8-25-9-13(12)20/h2-6,12-13,20H,7-9H2,1H3,(H,18,21)/b14-6+/t12-,13+/m1/s1. The molecule has 2 atom stereocenters. The first kappa shape index (κ1) is 19.2. The number of ether oxygens (including phenoxy) is 1. The minimum atomic E-state index is -0.551. The third-order valence-electron chi connectivity index (χ3n) is 3.99. The zero-order chi connectivity index (χ0) is 18.7. The average molecular weight is 411 g/mol. The Morgan fingerprint density at radius 3 is 2.77 bits per heavy atom. The second kappa shape index (κ2) is 8.43. The number of carbonyl (C=O) groups is 2. The van der Waals surface area contributed by atoms with Crippen molar-refractivity contribution in [2.24, 2.45) is 0 Å². The van der Waals surface area contributed by atoms with Gasteiger partial charge in [0.15, 0.2) is 0 Å². The summed E-state index contributed by atoms with van der Waals surface area (Å²) >= 11 is 8.01. The van der Waals surface area contributed by atoms with Crippen molar-refractivity contribution in [3.63, 3.8) is 0 Å². The summed E-state index contributed by atoms with van der Waals surface area (Å²) < 4.78 is 5.47. The molecule has 2 saturated heterocycles. The number of thiocarbonyl (C=S) groups is 1. The molecule has 2 aliphatic heterocycles. The molecule has 0 aromatic heterocycles. The number of nitrogens with zero attached hydrogens (tertiary/aromatic N) is 1. The van der Waals surface area contributed by atoms with E-state index in [4.69, 9.17) is 17.0 Å². The number of carbonyl (C=O) groups excluding carboxylic acids is 2. The lowest BCUT2D eigenvalue weighted by molar-refractivity contribution is -0.129. The van der Waals surface area contributed by atoms with Crippen molar-refractivity contribution in [1.29, 1.82) is 0 Å². The highest BCUT2D eigenvalue weighted by atomic mass is 32.2. The Kier molecular flexibility index (Phi) is 6.23. The summed E-state index contributed by atoms with van der Waals surface area (Å²) in [4.78, 5) is 26.5. The number of nitrogens with one attached hydrogen (secondary N) is 1. The average Bonchev–Trinajstić information content (AvgIpc) is 3.14. The van der Waals surface area contributed by atoms with Gasteiger partial charge in [0, 0.05) is 11.5 Å². The van der Waals surface area contributed by atoms with Gasteiger partial charge in [0.2, 0.25) is 5.91 Å². The molecule has 138 valence electrons. The summed E-state index contributed by atoms with van der Waals surface area (Å²) in [5.41, 5.74) is 0.849. The number of hydrogen-bond donors (Lipinski definition) is 2. The number of rotatable bonds is 5. The molecular formula is C17H18N2O4S3. The van der Waals surface area contributed by atoms with E-state index in [2.05, 4.69) is 5.32 Å². The minimum absolute atomic E-state index is 0.140. The molecule has 0 spiro atoms. The molecule has 2 heterocycles. The van der Waals surface area contributed by atoms with Gasteiger partial charge in [-0.25, -0.2) is 0 Å². The number of thioether (sulfide) groups is 2. The van der Waals surface area contributed by atoms with Crippen molar-refractivity contribution in [2.75, 3.05) is 25.2 Å². The Labute approximate surface area is 165 Å². The Hall–Kier alpha value is -1.55. The quantitative estimate of drug-likeness (QED) is 0.562. The second-order valence-electron chi connectivity index (χ2n) is 5.82. The van der Waals surface area contributed by atoms with Crippen molar-refractivity contribution >= 4 is 58.0 Å². The van der Waals surface area contributed by atoms with Crippen LogP contribution in [0.2, 0.25) is 0 Å². The Bertz CT molecular complexity index is 751. The highest BCUT2D eigenvalue weighted by molar-refractivity contribution is 8.26. The summed E-state index contributed by atoms with van der Waals surface area (Å²) in [7, 11) is 1.59. The van der Waals surface area contributed by atoms with Gasteiger partial charge in [0.25, 0.3) is 5.91 Å². The van der Waals surface area contributed by atoms with Crippen molar-refractivity contribution < 1.29 is 19.4 Å². The fraction of sp³-hybridized carbons (Fsp3) is 0.353. The van der Waals surface area contributed by atoms with Gasteiger partial charge in [-0.2, -0.15) is 11.8 Å². The fourth-order valence-electron chi connectivity index (χ4n) is 2.56. The van der Waals surface area contributed by atoms with E-state index in [1.807, 2.05) is 24.3 Å². The molecule has 0 bridgehead atoms. The Balaban J connectivity index is 1.64. The SMILES string of the molecule is COc1ccc(/C=C2/SC(=S)N(CC(=O)N[C@@H]3CSC[C@@H]3O)C2=O)cc1. The van der Waals surface area contributed by atoms with Gasteiger partial charge in [-0.15, -0.1) is 0 Å². The molecule has 26 heavy (non-hydrogen) atoms. The molecule has 6 nitrogen and oxygen atoms in total. The first-order chi connectivity index (χ1) is 12.5. The molecule has 3 rings (SSSR count). The van der Waals surface area contributed by atoms with Crippen LogP contribution in [0.5, 0.6) is 5.75 Å². The Morgan fingerprint density at radius 1 is 1.42 bits per heavy atom. The molecule has 1 aromatic carbocycles. The highest BCUT2D eigenvalue weighted by Crippen LogP contribution is 2.32. The van der Waals surface area contributed by atoms with Gasteiger partial charge in [0.05, 0.1) is 24.2 Å². The smallest absolute Gasteiger partial charge is 0.266 e. The molecule has 0 radical (unpaired) electrons. The van der Waals surface area contributed by atoms with Gasteiger partial charge in [0.1, 0.15) is 16.6 Å². The van der Waals surface area contributed by atoms with E-state index in [1.165, 1.54) is 16.7 Å². The topological polar surface area (TPSA) is 78.9 Å². The van der Waals surface area contributed by atoms with Crippen molar-refractivity contribution in [1.82, 2.24) is 10.2 Å². The predicted molar refractivity (Wildman–Crippen MR) is 108 cm³/mol. The highest BCUT2D eigenvalue weighted by Gasteiger charge is 2.34. The van der Waals surface area contributed by atoms with Gasteiger partial charge >= 0.3 is 0 Å². The normalized spacial score (nSPS) is 24.4. The molecule has 2 fully saturated rings. The van der Waals surface area contributed by atoms with Crippen LogP contribution in [0.15, 0.2) is 29.2 Å². The maximum Gasteiger partial charge on any atom is 0.266 e. The number of hydrogen-bond acceptors (Lipinski definition) is 7. The summed E-state index contributed by atoms with van der Waals surface area (Å²) in [6.45, 7) is -0.140. The van der Waals surface area contributed by atoms with Gasteiger partial charge < -0.3 is 15.2 Å². The molecule has 0 unspecified atom stereocenters. The molecule has 0 saturated carbocycles. The van der Waals surface area contributed by atoms with Crippen LogP contribution in [0.4, 0.5) is 0 Å². The summed E-state index contributed by atoms with van der Waals surface area (Å²) in [5.74, 6) is 1.41. The van der Waals surface area contributed by atoms with Crippen LogP contribution in [-0.2, 0) is 9.59 Å². The summed E-state index contributed by atoms with van der Waals surface area (Å²) in [5, 5.41) is 12.6. The third-order valence-corrected chi connectivity index (χ3v) is 6.54. The van der Waals surface area contributed by atoms with Crippen molar-refractivity contribution in [3.05, 3.63) is 34.7 Å². The van der Waals surface area contributed by atoms with Crippen molar-refractivity contribution in [2.45, 2.75) is 12.1 Å². The zero-order valence-electron chi connectivity index (χ0n) is 14.0. The van der Waals surface area contributed by atoms with E-state index in [0.717, 1.165) is 11.3 Å². The molecule has 2 aliphatic rings. The molecule has 9 heteroatoms. The summed E-state index contributed by atoms with van der Waals surface area (Å²) in [6.07, 6.45) is 1.19. The van der Waals surface area contributed by atoms with Crippen LogP contribution in [0, 0.1) is 0 Å². The second-order valence-corrected chi connectivity index (χ2v) is 8.57. The third kappa shape index (κ3) is 4.40. The largest absolute Gasteiger partial charge is 0.497 e. The van der Waals surface area contributed by atoms with E-state index in [0.29, 0.717) is 20.7 Å².